The Labute approximate surface area is 129 Å². The molecule has 1 unspecified atom stereocenters. The first kappa shape index (κ1) is 13.4. The highest BCUT2D eigenvalue weighted by atomic mass is 79.9. The van der Waals surface area contributed by atoms with Gasteiger partial charge in [-0.25, -0.2) is 0 Å². The van der Waals surface area contributed by atoms with Crippen molar-refractivity contribution in [3.05, 3.63) is 56.4 Å². The summed E-state index contributed by atoms with van der Waals surface area (Å²) in [5.74, 6) is 1.26. The molecule has 0 amide bonds. The van der Waals surface area contributed by atoms with Gasteiger partial charge in [0.1, 0.15) is 11.9 Å². The summed E-state index contributed by atoms with van der Waals surface area (Å²) >= 11 is 6.63. The average molecular weight is 386 g/mol. The lowest BCUT2D eigenvalue weighted by Crippen LogP contribution is -2.08. The second-order valence-electron chi connectivity index (χ2n) is 4.97. The molecule has 100 valence electrons. The van der Waals surface area contributed by atoms with E-state index < -0.39 is 6.10 Å². The van der Waals surface area contributed by atoms with E-state index in [1.807, 2.05) is 12.1 Å². The third-order valence-corrected chi connectivity index (χ3v) is 5.47. The van der Waals surface area contributed by atoms with Gasteiger partial charge in [0.2, 0.25) is 0 Å². The quantitative estimate of drug-likeness (QED) is 0.792. The molecule has 0 aliphatic heterocycles. The van der Waals surface area contributed by atoms with Crippen molar-refractivity contribution >= 4 is 31.9 Å². The van der Waals surface area contributed by atoms with Crippen LogP contribution in [-0.4, -0.2) is 5.11 Å². The molecule has 0 radical (unpaired) electrons. The van der Waals surface area contributed by atoms with Crippen LogP contribution in [0.5, 0.6) is 0 Å². The van der Waals surface area contributed by atoms with Gasteiger partial charge in [-0.3, -0.25) is 0 Å². The minimum absolute atomic E-state index is 0.537. The maximum Gasteiger partial charge on any atom is 0.183 e. The van der Waals surface area contributed by atoms with Gasteiger partial charge in [0, 0.05) is 0 Å². The van der Waals surface area contributed by atoms with Crippen molar-refractivity contribution in [2.45, 2.75) is 31.3 Å². The van der Waals surface area contributed by atoms with Crippen molar-refractivity contribution in [1.82, 2.24) is 0 Å². The van der Waals surface area contributed by atoms with Crippen molar-refractivity contribution in [2.75, 3.05) is 0 Å². The number of hydrogen-bond acceptors (Lipinski definition) is 2. The molecule has 1 heterocycles. The summed E-state index contributed by atoms with van der Waals surface area (Å²) in [6.45, 7) is 0. The molecular weight excluding hydrogens is 372 g/mol. The highest BCUT2D eigenvalue weighted by Crippen LogP contribution is 2.37. The van der Waals surface area contributed by atoms with Gasteiger partial charge < -0.3 is 9.52 Å². The Hall–Kier alpha value is -0.580. The normalized spacial score (nSPS) is 17.2. The molecule has 2 aromatic rings. The Bertz CT molecular complexity index is 551. The number of hydrogen-bond donors (Lipinski definition) is 1. The third kappa shape index (κ3) is 2.67. The Balaban J connectivity index is 1.81. The van der Waals surface area contributed by atoms with Crippen molar-refractivity contribution < 1.29 is 9.52 Å². The second kappa shape index (κ2) is 5.43. The SMILES string of the molecule is OC(c1ccc(C2CCC2)cc1)c1cc(Br)c(Br)o1. The van der Waals surface area contributed by atoms with E-state index in [1.165, 1.54) is 24.8 Å². The first-order valence-corrected chi connectivity index (χ1v) is 7.96. The van der Waals surface area contributed by atoms with Crippen LogP contribution in [0, 0.1) is 0 Å². The van der Waals surface area contributed by atoms with Gasteiger partial charge in [0.15, 0.2) is 4.67 Å². The number of furan rings is 1. The van der Waals surface area contributed by atoms with Gasteiger partial charge in [-0.15, -0.1) is 0 Å². The molecule has 2 nitrogen and oxygen atoms in total. The fourth-order valence-corrected chi connectivity index (χ4v) is 2.96. The topological polar surface area (TPSA) is 33.4 Å². The Kier molecular flexibility index (Phi) is 3.83. The Morgan fingerprint density at radius 2 is 1.84 bits per heavy atom. The molecule has 0 saturated heterocycles. The van der Waals surface area contributed by atoms with Crippen molar-refractivity contribution in [2.24, 2.45) is 0 Å². The first-order chi connectivity index (χ1) is 9.15. The zero-order valence-corrected chi connectivity index (χ0v) is 13.4. The summed E-state index contributed by atoms with van der Waals surface area (Å²) < 4.78 is 6.88. The van der Waals surface area contributed by atoms with Gasteiger partial charge in [-0.1, -0.05) is 30.7 Å². The van der Waals surface area contributed by atoms with Crippen molar-refractivity contribution in [3.8, 4) is 0 Å². The average Bonchev–Trinajstić information content (AvgIpc) is 2.68. The van der Waals surface area contributed by atoms with E-state index in [0.717, 1.165) is 16.0 Å². The van der Waals surface area contributed by atoms with Crippen molar-refractivity contribution in [3.63, 3.8) is 0 Å². The zero-order chi connectivity index (χ0) is 13.4. The summed E-state index contributed by atoms with van der Waals surface area (Å²) in [6.07, 6.45) is 3.20. The van der Waals surface area contributed by atoms with E-state index in [4.69, 9.17) is 4.42 Å². The molecule has 1 N–H and O–H groups in total. The van der Waals surface area contributed by atoms with Crippen LogP contribution in [0.3, 0.4) is 0 Å². The van der Waals surface area contributed by atoms with Crippen LogP contribution >= 0.6 is 31.9 Å². The van der Waals surface area contributed by atoms with Gasteiger partial charge in [0.25, 0.3) is 0 Å². The maximum atomic E-state index is 10.3. The number of benzene rings is 1. The van der Waals surface area contributed by atoms with Crippen LogP contribution in [0.1, 0.15) is 48.2 Å². The molecular formula is C15H14Br2O2. The number of aliphatic hydroxyl groups is 1. The maximum absolute atomic E-state index is 10.3. The summed E-state index contributed by atoms with van der Waals surface area (Å²) in [4.78, 5) is 0. The fourth-order valence-electron chi connectivity index (χ4n) is 2.35. The smallest absolute Gasteiger partial charge is 0.183 e. The summed E-state index contributed by atoms with van der Waals surface area (Å²) in [5, 5.41) is 10.3. The molecule has 0 spiro atoms. The molecule has 1 aromatic carbocycles. The Morgan fingerprint density at radius 3 is 2.32 bits per heavy atom. The van der Waals surface area contributed by atoms with E-state index in [-0.39, 0.29) is 0 Å². The van der Waals surface area contributed by atoms with E-state index >= 15 is 0 Å². The predicted octanol–water partition coefficient (Wildman–Crippen LogP) is 5.15. The molecule has 3 rings (SSSR count). The monoisotopic (exact) mass is 384 g/mol. The van der Waals surface area contributed by atoms with Crippen molar-refractivity contribution in [1.29, 1.82) is 0 Å². The molecule has 1 fully saturated rings. The van der Waals surface area contributed by atoms with Crippen LogP contribution in [0.2, 0.25) is 0 Å². The highest BCUT2D eigenvalue weighted by Gasteiger charge is 2.21. The summed E-state index contributed by atoms with van der Waals surface area (Å²) in [6, 6.07) is 10.0. The summed E-state index contributed by atoms with van der Waals surface area (Å²) in [7, 11) is 0. The lowest BCUT2D eigenvalue weighted by Gasteiger charge is -2.26. The highest BCUT2D eigenvalue weighted by molar-refractivity contribution is 9.13. The molecule has 1 saturated carbocycles. The van der Waals surface area contributed by atoms with Crippen LogP contribution in [-0.2, 0) is 0 Å². The number of aliphatic hydroxyl groups excluding tert-OH is 1. The van der Waals surface area contributed by atoms with Gasteiger partial charge >= 0.3 is 0 Å². The lowest BCUT2D eigenvalue weighted by molar-refractivity contribution is 0.187. The molecule has 1 aliphatic rings. The zero-order valence-electron chi connectivity index (χ0n) is 10.3. The molecule has 0 bridgehead atoms. The third-order valence-electron chi connectivity index (χ3n) is 3.76. The van der Waals surface area contributed by atoms with Crippen LogP contribution in [0.4, 0.5) is 0 Å². The number of halogens is 2. The second-order valence-corrected chi connectivity index (χ2v) is 6.54. The fraction of sp³-hybridized carbons (Fsp3) is 0.333. The predicted molar refractivity (Wildman–Crippen MR) is 81.2 cm³/mol. The summed E-state index contributed by atoms with van der Waals surface area (Å²) in [5.41, 5.74) is 2.24. The molecule has 4 heteroatoms. The van der Waals surface area contributed by atoms with E-state index in [9.17, 15) is 5.11 Å². The minimum Gasteiger partial charge on any atom is -0.450 e. The largest absolute Gasteiger partial charge is 0.450 e. The van der Waals surface area contributed by atoms with Crippen LogP contribution in [0.15, 0.2) is 43.9 Å². The van der Waals surface area contributed by atoms with E-state index in [0.29, 0.717) is 10.4 Å². The van der Waals surface area contributed by atoms with Crippen LogP contribution < -0.4 is 0 Å². The molecule has 1 aliphatic carbocycles. The Morgan fingerprint density at radius 1 is 1.16 bits per heavy atom. The molecule has 19 heavy (non-hydrogen) atoms. The number of rotatable bonds is 3. The molecule has 1 atom stereocenters. The minimum atomic E-state index is -0.724. The first-order valence-electron chi connectivity index (χ1n) is 6.38. The molecule has 1 aromatic heterocycles. The standard InChI is InChI=1S/C15H14Br2O2/c16-12-8-13(19-15(12)17)14(18)11-6-4-10(5-7-11)9-2-1-3-9/h4-9,14,18H,1-3H2. The van der Waals surface area contributed by atoms with Gasteiger partial charge in [0.05, 0.1) is 4.47 Å². The van der Waals surface area contributed by atoms with E-state index in [2.05, 4.69) is 44.0 Å². The van der Waals surface area contributed by atoms with E-state index in [1.54, 1.807) is 6.07 Å². The van der Waals surface area contributed by atoms with Crippen LogP contribution in [0.25, 0.3) is 0 Å². The van der Waals surface area contributed by atoms with Gasteiger partial charge in [-0.2, -0.15) is 0 Å². The lowest BCUT2D eigenvalue weighted by atomic mass is 9.80. The van der Waals surface area contributed by atoms with Gasteiger partial charge in [-0.05, 0) is 67.8 Å².